The molecule has 0 bridgehead atoms. The second-order valence-electron chi connectivity index (χ2n) is 6.07. The van der Waals surface area contributed by atoms with Crippen molar-refractivity contribution in [2.24, 2.45) is 0 Å². The van der Waals surface area contributed by atoms with Gasteiger partial charge >= 0.3 is 0 Å². The predicted molar refractivity (Wildman–Crippen MR) is 100 cm³/mol. The Hall–Kier alpha value is -2.86. The largest absolute Gasteiger partial charge is 0.316 e. The summed E-state index contributed by atoms with van der Waals surface area (Å²) in [7, 11) is 3.63. The number of pyridine rings is 1. The molecule has 3 heterocycles. The van der Waals surface area contributed by atoms with Crippen molar-refractivity contribution < 1.29 is 0 Å². The van der Waals surface area contributed by atoms with Gasteiger partial charge in [0, 0.05) is 37.1 Å². The summed E-state index contributed by atoms with van der Waals surface area (Å²) < 4.78 is 3.27. The van der Waals surface area contributed by atoms with Gasteiger partial charge in [-0.1, -0.05) is 23.7 Å². The van der Waals surface area contributed by atoms with Crippen LogP contribution in [0.1, 0.15) is 5.69 Å². The van der Waals surface area contributed by atoms with Gasteiger partial charge in [-0.3, -0.25) is 4.79 Å². The Morgan fingerprint density at radius 1 is 1.12 bits per heavy atom. The fraction of sp³-hybridized carbons (Fsp3) is 0.167. The number of benzene rings is 1. The minimum absolute atomic E-state index is 0.127. The van der Waals surface area contributed by atoms with Crippen molar-refractivity contribution >= 4 is 28.2 Å². The Morgan fingerprint density at radius 3 is 2.52 bits per heavy atom. The molecule has 6 nitrogen and oxygen atoms in total. The highest BCUT2D eigenvalue weighted by molar-refractivity contribution is 6.30. The number of hydrogen-bond donors (Lipinski definition) is 0. The molecular weight excluding hydrogens is 338 g/mol. The van der Waals surface area contributed by atoms with Crippen LogP contribution in [0.4, 0.5) is 0 Å². The Balaban J connectivity index is 2.04. The Labute approximate surface area is 148 Å². The van der Waals surface area contributed by atoms with Gasteiger partial charge in [-0.25, -0.2) is 14.2 Å². The first-order chi connectivity index (χ1) is 12.0. The molecule has 0 amide bonds. The van der Waals surface area contributed by atoms with Crippen LogP contribution >= 0.6 is 11.6 Å². The molecule has 0 atom stereocenters. The van der Waals surface area contributed by atoms with Crippen molar-refractivity contribution in [2.75, 3.05) is 19.1 Å². The van der Waals surface area contributed by atoms with E-state index in [-0.39, 0.29) is 5.56 Å². The lowest BCUT2D eigenvalue weighted by Gasteiger charge is -2.15. The van der Waals surface area contributed by atoms with Gasteiger partial charge in [-0.2, -0.15) is 5.10 Å². The van der Waals surface area contributed by atoms with Gasteiger partial charge < -0.3 is 5.01 Å². The molecule has 4 aromatic rings. The van der Waals surface area contributed by atoms with Crippen molar-refractivity contribution in [1.82, 2.24) is 19.3 Å². The molecule has 0 unspecified atom stereocenters. The molecule has 0 fully saturated rings. The van der Waals surface area contributed by atoms with E-state index < -0.39 is 0 Å². The lowest BCUT2D eigenvalue weighted by atomic mass is 10.1. The zero-order valence-corrected chi connectivity index (χ0v) is 14.8. The fourth-order valence-corrected chi connectivity index (χ4v) is 3.16. The van der Waals surface area contributed by atoms with Crippen LogP contribution < -0.4 is 10.6 Å². The highest BCUT2D eigenvalue weighted by atomic mass is 35.5. The predicted octanol–water partition coefficient (Wildman–Crippen LogP) is 2.87. The molecule has 7 heteroatoms. The number of halogens is 1. The molecule has 0 aliphatic carbocycles. The summed E-state index contributed by atoms with van der Waals surface area (Å²) in [6.07, 6.45) is 3.36. The highest BCUT2D eigenvalue weighted by Crippen LogP contribution is 2.29. The summed E-state index contributed by atoms with van der Waals surface area (Å²) in [6, 6.07) is 9.46. The van der Waals surface area contributed by atoms with E-state index in [9.17, 15) is 4.79 Å². The van der Waals surface area contributed by atoms with Gasteiger partial charge in [0.25, 0.3) is 5.56 Å². The third-order valence-electron chi connectivity index (χ3n) is 4.23. The van der Waals surface area contributed by atoms with E-state index in [1.807, 2.05) is 51.4 Å². The van der Waals surface area contributed by atoms with E-state index in [1.165, 1.54) is 4.68 Å². The van der Waals surface area contributed by atoms with E-state index in [2.05, 4.69) is 10.1 Å². The molecule has 0 radical (unpaired) electrons. The molecule has 0 aliphatic rings. The first-order valence-corrected chi connectivity index (χ1v) is 8.18. The minimum Gasteiger partial charge on any atom is -0.316 e. The normalized spacial score (nSPS) is 11.4. The minimum atomic E-state index is -0.127. The summed E-state index contributed by atoms with van der Waals surface area (Å²) in [5.41, 5.74) is 4.10. The zero-order chi connectivity index (χ0) is 17.7. The fourth-order valence-electron chi connectivity index (χ4n) is 3.04. The molecule has 0 aliphatic heterocycles. The number of rotatable bonds is 2. The van der Waals surface area contributed by atoms with Gasteiger partial charge in [0.1, 0.15) is 0 Å². The van der Waals surface area contributed by atoms with E-state index in [0.29, 0.717) is 16.1 Å². The number of fused-ring (bicyclic) bond motifs is 3. The monoisotopic (exact) mass is 353 g/mol. The summed E-state index contributed by atoms with van der Waals surface area (Å²) in [5.74, 6) is 0. The molecule has 0 spiro atoms. The van der Waals surface area contributed by atoms with E-state index in [0.717, 1.165) is 22.3 Å². The highest BCUT2D eigenvalue weighted by Gasteiger charge is 2.16. The van der Waals surface area contributed by atoms with Gasteiger partial charge in [-0.05, 0) is 30.7 Å². The van der Waals surface area contributed by atoms with Crippen LogP contribution in [0, 0.1) is 6.92 Å². The van der Waals surface area contributed by atoms with Crippen molar-refractivity contribution in [2.45, 2.75) is 6.92 Å². The molecule has 1 aromatic carbocycles. The third-order valence-corrected chi connectivity index (χ3v) is 4.48. The number of nitrogens with zero attached hydrogens (tertiary/aromatic N) is 5. The molecule has 25 heavy (non-hydrogen) atoms. The number of hydrogen-bond acceptors (Lipinski definition) is 4. The van der Waals surface area contributed by atoms with Crippen LogP contribution in [-0.2, 0) is 0 Å². The van der Waals surface area contributed by atoms with Crippen molar-refractivity contribution in [3.05, 3.63) is 63.8 Å². The van der Waals surface area contributed by atoms with E-state index in [1.54, 1.807) is 21.9 Å². The van der Waals surface area contributed by atoms with Crippen LogP contribution in [0.5, 0.6) is 0 Å². The summed E-state index contributed by atoms with van der Waals surface area (Å²) in [5, 5.41) is 7.54. The topological polar surface area (TPSA) is 55.4 Å². The second-order valence-corrected chi connectivity index (χ2v) is 6.51. The smallest absolute Gasteiger partial charge is 0.279 e. The van der Waals surface area contributed by atoms with Crippen LogP contribution in [0.25, 0.3) is 27.7 Å². The standard InChI is InChI=1S/C18H16ClN5O/c1-11-16(12-4-6-13(19)7-5-12)17-20-10-14-15(24(17)21-11)8-9-23(18(14)25)22(2)3/h4-10H,1-3H3. The maximum atomic E-state index is 12.6. The van der Waals surface area contributed by atoms with Crippen LogP contribution in [0.15, 0.2) is 47.5 Å². The maximum Gasteiger partial charge on any atom is 0.279 e. The van der Waals surface area contributed by atoms with Crippen molar-refractivity contribution in [3.8, 4) is 11.1 Å². The number of aromatic nitrogens is 4. The maximum absolute atomic E-state index is 12.6. The first kappa shape index (κ1) is 15.7. The molecular formula is C18H16ClN5O. The third kappa shape index (κ3) is 2.37. The molecule has 0 saturated heterocycles. The quantitative estimate of drug-likeness (QED) is 0.556. The molecule has 0 saturated carbocycles. The van der Waals surface area contributed by atoms with Gasteiger partial charge in [-0.15, -0.1) is 0 Å². The van der Waals surface area contributed by atoms with Crippen LogP contribution in [-0.4, -0.2) is 33.4 Å². The average Bonchev–Trinajstić information content (AvgIpc) is 2.92. The summed E-state index contributed by atoms with van der Waals surface area (Å²) in [6.45, 7) is 1.94. The summed E-state index contributed by atoms with van der Waals surface area (Å²) >= 11 is 5.99. The molecule has 3 aromatic heterocycles. The number of aryl methyl sites for hydroxylation is 1. The van der Waals surface area contributed by atoms with Crippen molar-refractivity contribution in [3.63, 3.8) is 0 Å². The van der Waals surface area contributed by atoms with Crippen LogP contribution in [0.2, 0.25) is 5.02 Å². The average molecular weight is 354 g/mol. The van der Waals surface area contributed by atoms with Gasteiger partial charge in [0.15, 0.2) is 5.65 Å². The first-order valence-electron chi connectivity index (χ1n) is 7.80. The van der Waals surface area contributed by atoms with Crippen molar-refractivity contribution in [1.29, 1.82) is 0 Å². The molecule has 4 rings (SSSR count). The lowest BCUT2D eigenvalue weighted by molar-refractivity contribution is 0.705. The zero-order valence-electron chi connectivity index (χ0n) is 14.1. The van der Waals surface area contributed by atoms with E-state index in [4.69, 9.17) is 11.6 Å². The lowest BCUT2D eigenvalue weighted by Crippen LogP contribution is -2.35. The SMILES string of the molecule is Cc1nn2c(ncc3c(=O)n(N(C)C)ccc32)c1-c1ccc(Cl)cc1. The Morgan fingerprint density at radius 2 is 1.84 bits per heavy atom. The molecule has 126 valence electrons. The van der Waals surface area contributed by atoms with E-state index >= 15 is 0 Å². The van der Waals surface area contributed by atoms with Gasteiger partial charge in [0.2, 0.25) is 0 Å². The second kappa shape index (κ2) is 5.60. The van der Waals surface area contributed by atoms with Gasteiger partial charge in [0.05, 0.1) is 16.6 Å². The summed E-state index contributed by atoms with van der Waals surface area (Å²) in [4.78, 5) is 17.2. The Kier molecular flexibility index (Phi) is 3.51. The van der Waals surface area contributed by atoms with Crippen LogP contribution in [0.3, 0.4) is 0 Å². The Bertz CT molecular complexity index is 1160. The molecule has 0 N–H and O–H groups in total.